The molecule has 4 rings (SSSR count). The Hall–Kier alpha value is -3.14. The molecule has 0 fully saturated rings. The van der Waals surface area contributed by atoms with Gasteiger partial charge in [-0.1, -0.05) is 84.0 Å². The Morgan fingerprint density at radius 2 is 1.48 bits per heavy atom. The van der Waals surface area contributed by atoms with Crippen molar-refractivity contribution in [3.63, 3.8) is 0 Å². The zero-order valence-corrected chi connectivity index (χ0v) is 20.1. The standard InChI is InChI=1S/C29H31FO3/c1-28(2,3)21-15-18(16-22(26(21)32)29(4,5)6)24-20-12-7-8-13-23(20)33-27(24)25(31)17-10-9-11-19(30)14-17/h7-16,24,27,32H,1-6H3/t24-,27-/m0/s1. The van der Waals surface area contributed by atoms with Crippen LogP contribution in [0.25, 0.3) is 0 Å². The summed E-state index contributed by atoms with van der Waals surface area (Å²) in [5.41, 5.74) is 3.14. The third-order valence-corrected chi connectivity index (χ3v) is 6.29. The van der Waals surface area contributed by atoms with Crippen LogP contribution in [-0.4, -0.2) is 17.0 Å². The minimum atomic E-state index is -0.825. The number of fused-ring (bicyclic) bond motifs is 1. The van der Waals surface area contributed by atoms with Gasteiger partial charge in [0.2, 0.25) is 5.78 Å². The van der Waals surface area contributed by atoms with Crippen molar-refractivity contribution in [1.29, 1.82) is 0 Å². The Morgan fingerprint density at radius 1 is 0.879 bits per heavy atom. The number of para-hydroxylation sites is 1. The van der Waals surface area contributed by atoms with Gasteiger partial charge in [0.05, 0.1) is 5.92 Å². The van der Waals surface area contributed by atoms with Crippen molar-refractivity contribution in [1.82, 2.24) is 0 Å². The molecule has 0 unspecified atom stereocenters. The van der Waals surface area contributed by atoms with E-state index in [0.717, 1.165) is 22.3 Å². The second-order valence-electron chi connectivity index (χ2n) is 10.9. The highest BCUT2D eigenvalue weighted by molar-refractivity contribution is 6.01. The van der Waals surface area contributed by atoms with Gasteiger partial charge in [0, 0.05) is 11.1 Å². The first-order chi connectivity index (χ1) is 15.4. The average Bonchev–Trinajstić information content (AvgIpc) is 3.11. The van der Waals surface area contributed by atoms with E-state index in [1.165, 1.54) is 18.2 Å². The molecule has 0 saturated heterocycles. The van der Waals surface area contributed by atoms with Gasteiger partial charge >= 0.3 is 0 Å². The first-order valence-corrected chi connectivity index (χ1v) is 11.3. The van der Waals surface area contributed by atoms with Crippen molar-refractivity contribution in [2.24, 2.45) is 0 Å². The van der Waals surface area contributed by atoms with Gasteiger partial charge in [0.15, 0.2) is 6.10 Å². The molecule has 1 heterocycles. The molecule has 3 nitrogen and oxygen atoms in total. The zero-order valence-electron chi connectivity index (χ0n) is 20.1. The van der Waals surface area contributed by atoms with Crippen LogP contribution in [0, 0.1) is 5.82 Å². The Balaban J connectivity index is 1.93. The molecule has 1 N–H and O–H groups in total. The number of phenolic OH excluding ortho intramolecular Hbond substituents is 1. The fourth-order valence-corrected chi connectivity index (χ4v) is 4.56. The van der Waals surface area contributed by atoms with Gasteiger partial charge in [-0.25, -0.2) is 4.39 Å². The van der Waals surface area contributed by atoms with Crippen molar-refractivity contribution >= 4 is 5.78 Å². The van der Waals surface area contributed by atoms with Crippen molar-refractivity contribution in [3.05, 3.63) is 94.3 Å². The molecule has 4 heteroatoms. The van der Waals surface area contributed by atoms with Gasteiger partial charge in [-0.2, -0.15) is 0 Å². The third kappa shape index (κ3) is 4.27. The molecule has 0 aliphatic carbocycles. The summed E-state index contributed by atoms with van der Waals surface area (Å²) < 4.78 is 20.1. The molecular weight excluding hydrogens is 415 g/mol. The van der Waals surface area contributed by atoms with Gasteiger partial charge in [0.25, 0.3) is 0 Å². The van der Waals surface area contributed by atoms with Gasteiger partial charge in [-0.05, 0) is 45.7 Å². The smallest absolute Gasteiger partial charge is 0.204 e. The van der Waals surface area contributed by atoms with Crippen LogP contribution in [0.5, 0.6) is 11.5 Å². The van der Waals surface area contributed by atoms with Crippen LogP contribution in [0.1, 0.15) is 80.1 Å². The predicted octanol–water partition coefficient (Wildman–Crippen LogP) is 6.90. The van der Waals surface area contributed by atoms with Crippen LogP contribution in [0.3, 0.4) is 0 Å². The maximum atomic E-state index is 13.9. The molecule has 0 bridgehead atoms. The van der Waals surface area contributed by atoms with Crippen LogP contribution in [0.2, 0.25) is 0 Å². The van der Waals surface area contributed by atoms with Crippen molar-refractivity contribution < 1.29 is 19.0 Å². The third-order valence-electron chi connectivity index (χ3n) is 6.29. The molecule has 3 aromatic rings. The molecule has 1 aliphatic heterocycles. The summed E-state index contributed by atoms with van der Waals surface area (Å²) in [4.78, 5) is 13.5. The number of carbonyl (C=O) groups excluding carboxylic acids is 1. The second kappa shape index (κ2) is 8.02. The molecule has 2 atom stereocenters. The van der Waals surface area contributed by atoms with Gasteiger partial charge in [0.1, 0.15) is 17.3 Å². The molecule has 0 spiro atoms. The molecule has 1 aliphatic rings. The van der Waals surface area contributed by atoms with E-state index in [9.17, 15) is 14.3 Å². The van der Waals surface area contributed by atoms with E-state index in [0.29, 0.717) is 11.5 Å². The summed E-state index contributed by atoms with van der Waals surface area (Å²) >= 11 is 0. The number of halogens is 1. The van der Waals surface area contributed by atoms with Crippen molar-refractivity contribution in [2.45, 2.75) is 64.4 Å². The zero-order chi connectivity index (χ0) is 24.1. The van der Waals surface area contributed by atoms with E-state index in [-0.39, 0.29) is 28.1 Å². The number of ether oxygens (including phenoxy) is 1. The van der Waals surface area contributed by atoms with Crippen LogP contribution in [0.4, 0.5) is 4.39 Å². The Morgan fingerprint density at radius 3 is 2.06 bits per heavy atom. The number of hydrogen-bond donors (Lipinski definition) is 1. The maximum Gasteiger partial charge on any atom is 0.204 e. The lowest BCUT2D eigenvalue weighted by Gasteiger charge is -2.30. The molecule has 0 amide bonds. The first-order valence-electron chi connectivity index (χ1n) is 11.3. The SMILES string of the molecule is CC(C)(C)c1cc([C@H]2c3ccccc3O[C@@H]2C(=O)c2cccc(F)c2)cc(C(C)(C)C)c1O. The van der Waals surface area contributed by atoms with Crippen molar-refractivity contribution in [3.8, 4) is 11.5 Å². The molecule has 0 aromatic heterocycles. The first kappa shape index (κ1) is 23.0. The number of aromatic hydroxyl groups is 1. The number of carbonyl (C=O) groups is 1. The molecule has 172 valence electrons. The summed E-state index contributed by atoms with van der Waals surface area (Å²) in [6.07, 6.45) is -0.825. The Bertz CT molecular complexity index is 1180. The van der Waals surface area contributed by atoms with E-state index in [1.807, 2.05) is 36.4 Å². The quantitative estimate of drug-likeness (QED) is 0.445. The predicted molar refractivity (Wildman–Crippen MR) is 129 cm³/mol. The number of rotatable bonds is 3. The number of Topliss-reactive ketones (excluding diaryl/α,β-unsaturated/α-hetero) is 1. The van der Waals surface area contributed by atoms with E-state index in [2.05, 4.69) is 41.5 Å². The summed E-state index contributed by atoms with van der Waals surface area (Å²) in [6, 6.07) is 17.4. The van der Waals surface area contributed by atoms with Crippen LogP contribution < -0.4 is 4.74 Å². The number of phenols is 1. The van der Waals surface area contributed by atoms with E-state index < -0.39 is 11.9 Å². The summed E-state index contributed by atoms with van der Waals surface area (Å²) in [6.45, 7) is 12.4. The van der Waals surface area contributed by atoms with Crippen LogP contribution >= 0.6 is 0 Å². The minimum Gasteiger partial charge on any atom is -0.507 e. The lowest BCUT2D eigenvalue weighted by molar-refractivity contribution is 0.0806. The summed E-state index contributed by atoms with van der Waals surface area (Å²) in [5.74, 6) is -0.153. The molecule has 0 saturated carbocycles. The minimum absolute atomic E-state index is 0.265. The highest BCUT2D eigenvalue weighted by Gasteiger charge is 2.42. The topological polar surface area (TPSA) is 46.5 Å². The lowest BCUT2D eigenvalue weighted by atomic mass is 9.75. The Kier molecular flexibility index (Phi) is 5.60. The largest absolute Gasteiger partial charge is 0.507 e. The normalized spacial score (nSPS) is 18.0. The highest BCUT2D eigenvalue weighted by Crippen LogP contribution is 2.47. The molecule has 3 aromatic carbocycles. The van der Waals surface area contributed by atoms with Crippen LogP contribution in [0.15, 0.2) is 60.7 Å². The fourth-order valence-electron chi connectivity index (χ4n) is 4.56. The van der Waals surface area contributed by atoms with Gasteiger partial charge in [-0.3, -0.25) is 4.79 Å². The summed E-state index contributed by atoms with van der Waals surface area (Å²) in [7, 11) is 0. The monoisotopic (exact) mass is 446 g/mol. The van der Waals surface area contributed by atoms with E-state index in [4.69, 9.17) is 4.74 Å². The van der Waals surface area contributed by atoms with E-state index >= 15 is 0 Å². The van der Waals surface area contributed by atoms with Crippen LogP contribution in [-0.2, 0) is 10.8 Å². The average molecular weight is 447 g/mol. The fraction of sp³-hybridized carbons (Fsp3) is 0.345. The highest BCUT2D eigenvalue weighted by atomic mass is 19.1. The number of benzene rings is 3. The molecular formula is C29H31FO3. The molecule has 0 radical (unpaired) electrons. The second-order valence-corrected chi connectivity index (χ2v) is 10.9. The summed E-state index contributed by atoms with van der Waals surface area (Å²) in [5, 5.41) is 11.2. The number of hydrogen-bond acceptors (Lipinski definition) is 3. The number of ketones is 1. The van der Waals surface area contributed by atoms with E-state index in [1.54, 1.807) is 6.07 Å². The van der Waals surface area contributed by atoms with Gasteiger partial charge in [-0.15, -0.1) is 0 Å². The maximum absolute atomic E-state index is 13.9. The molecule has 33 heavy (non-hydrogen) atoms. The Labute approximate surface area is 195 Å². The lowest BCUT2D eigenvalue weighted by Crippen LogP contribution is -2.30. The van der Waals surface area contributed by atoms with Crippen molar-refractivity contribution in [2.75, 3.05) is 0 Å². The van der Waals surface area contributed by atoms with Gasteiger partial charge < -0.3 is 9.84 Å².